The first-order valence-corrected chi connectivity index (χ1v) is 11.8. The third-order valence-corrected chi connectivity index (χ3v) is 7.02. The number of rotatable bonds is 6. The molecular formula is C23H14ClF7N2O5S. The van der Waals surface area contributed by atoms with Crippen LogP contribution in [0.3, 0.4) is 0 Å². The predicted octanol–water partition coefficient (Wildman–Crippen LogP) is 6.13. The third-order valence-electron chi connectivity index (χ3n) is 5.35. The lowest BCUT2D eigenvalue weighted by atomic mass is 10.1. The van der Waals surface area contributed by atoms with Crippen LogP contribution in [-0.4, -0.2) is 33.3 Å². The van der Waals surface area contributed by atoms with Crippen molar-refractivity contribution in [2.24, 2.45) is 0 Å². The van der Waals surface area contributed by atoms with Gasteiger partial charge in [-0.3, -0.25) is 14.3 Å². The molecule has 16 heteroatoms. The number of ether oxygens (including phenoxy) is 2. The van der Waals surface area contributed by atoms with Gasteiger partial charge in [0.05, 0.1) is 17.0 Å². The van der Waals surface area contributed by atoms with E-state index in [2.05, 4.69) is 4.74 Å². The first-order chi connectivity index (χ1) is 18.0. The summed E-state index contributed by atoms with van der Waals surface area (Å²) in [7, 11) is 0. The lowest BCUT2D eigenvalue weighted by molar-refractivity contribution is -0.275. The van der Waals surface area contributed by atoms with E-state index >= 15 is 0 Å². The molecule has 0 fully saturated rings. The van der Waals surface area contributed by atoms with Gasteiger partial charge in [0.15, 0.2) is 17.6 Å². The van der Waals surface area contributed by atoms with E-state index in [1.165, 1.54) is 19.1 Å². The molecule has 0 saturated heterocycles. The molecule has 39 heavy (non-hydrogen) atoms. The van der Waals surface area contributed by atoms with Crippen LogP contribution in [0.2, 0.25) is 5.02 Å². The number of benzene rings is 2. The van der Waals surface area contributed by atoms with Crippen LogP contribution in [0.25, 0.3) is 20.7 Å². The van der Waals surface area contributed by atoms with Crippen LogP contribution in [0.1, 0.15) is 5.56 Å². The molecule has 0 aliphatic carbocycles. The predicted molar refractivity (Wildman–Crippen MR) is 127 cm³/mol. The van der Waals surface area contributed by atoms with Crippen molar-refractivity contribution in [1.82, 2.24) is 9.55 Å². The van der Waals surface area contributed by atoms with Gasteiger partial charge in [-0.2, -0.15) is 13.2 Å². The van der Waals surface area contributed by atoms with Gasteiger partial charge >= 0.3 is 18.2 Å². The van der Waals surface area contributed by atoms with E-state index in [9.17, 15) is 45.4 Å². The molecule has 4 rings (SSSR count). The topological polar surface area (TPSA) is 93.5 Å². The zero-order valence-electron chi connectivity index (χ0n) is 19.2. The van der Waals surface area contributed by atoms with Gasteiger partial charge in [0.1, 0.15) is 16.4 Å². The van der Waals surface area contributed by atoms with Gasteiger partial charge in [0, 0.05) is 10.9 Å². The lowest BCUT2D eigenvalue weighted by Gasteiger charge is -2.16. The van der Waals surface area contributed by atoms with Gasteiger partial charge in [-0.25, -0.2) is 9.18 Å². The van der Waals surface area contributed by atoms with E-state index in [-0.39, 0.29) is 37.0 Å². The van der Waals surface area contributed by atoms with E-state index in [4.69, 9.17) is 16.3 Å². The Kier molecular flexibility index (Phi) is 7.44. The quantitative estimate of drug-likeness (QED) is 0.260. The molecule has 0 bridgehead atoms. The molecule has 0 unspecified atom stereocenters. The summed E-state index contributed by atoms with van der Waals surface area (Å²) in [4.78, 5) is 26.5. The maximum absolute atomic E-state index is 13.8. The molecule has 0 aliphatic rings. The van der Waals surface area contributed by atoms with Crippen molar-refractivity contribution < 1.29 is 45.3 Å². The van der Waals surface area contributed by atoms with E-state index in [0.717, 1.165) is 24.3 Å². The maximum Gasteiger partial charge on any atom is 0.573 e. The van der Waals surface area contributed by atoms with Gasteiger partial charge in [-0.1, -0.05) is 11.6 Å². The van der Waals surface area contributed by atoms with Crippen LogP contribution >= 0.6 is 22.9 Å². The maximum atomic E-state index is 13.8. The third kappa shape index (κ3) is 6.04. The normalized spacial score (nSPS) is 13.1. The first-order valence-electron chi connectivity index (χ1n) is 10.6. The Morgan fingerprint density at radius 2 is 1.77 bits per heavy atom. The van der Waals surface area contributed by atoms with Crippen molar-refractivity contribution >= 4 is 33.2 Å². The van der Waals surface area contributed by atoms with E-state index in [0.29, 0.717) is 15.9 Å². The number of halogens is 8. The number of fused-ring (bicyclic) bond motifs is 1. The second-order valence-corrected chi connectivity index (χ2v) is 9.46. The van der Waals surface area contributed by atoms with E-state index in [1.54, 1.807) is 0 Å². The van der Waals surface area contributed by atoms with Crippen LogP contribution in [0, 0.1) is 12.7 Å². The smallest absolute Gasteiger partial charge is 0.453 e. The summed E-state index contributed by atoms with van der Waals surface area (Å²) in [6.07, 6.45) is -13.2. The van der Waals surface area contributed by atoms with Gasteiger partial charge in [0.2, 0.25) is 0 Å². The van der Waals surface area contributed by atoms with Crippen molar-refractivity contribution in [3.05, 3.63) is 73.6 Å². The van der Waals surface area contributed by atoms with Gasteiger partial charge in [0.25, 0.3) is 5.56 Å². The van der Waals surface area contributed by atoms with Crippen LogP contribution in [0.15, 0.2) is 46.0 Å². The van der Waals surface area contributed by atoms with Crippen molar-refractivity contribution in [2.75, 3.05) is 0 Å². The Morgan fingerprint density at radius 1 is 1.08 bits per heavy atom. The summed E-state index contributed by atoms with van der Waals surface area (Å²) in [6.45, 7) is 0.144. The summed E-state index contributed by atoms with van der Waals surface area (Å²) >= 11 is 6.25. The number of aromatic nitrogens is 2. The zero-order valence-corrected chi connectivity index (χ0v) is 20.8. The number of nitrogens with one attached hydrogen (secondary N) is 1. The lowest BCUT2D eigenvalue weighted by Crippen LogP contribution is -2.38. The number of alkyl halides is 6. The highest BCUT2D eigenvalue weighted by Gasteiger charge is 2.39. The van der Waals surface area contributed by atoms with E-state index < -0.39 is 53.8 Å². The molecular weight excluding hydrogens is 585 g/mol. The molecule has 2 aromatic carbocycles. The molecule has 1 atom stereocenters. The number of aromatic amines is 1. The Labute approximate surface area is 221 Å². The number of aliphatic hydroxyl groups is 1. The second-order valence-electron chi connectivity index (χ2n) is 8.05. The van der Waals surface area contributed by atoms with Crippen LogP contribution in [0.4, 0.5) is 30.7 Å². The van der Waals surface area contributed by atoms with Crippen molar-refractivity contribution in [1.29, 1.82) is 0 Å². The Bertz CT molecular complexity index is 1680. The molecule has 0 amide bonds. The number of hydrogen-bond donors (Lipinski definition) is 2. The number of nitrogens with zero attached hydrogens (tertiary/aromatic N) is 1. The summed E-state index contributed by atoms with van der Waals surface area (Å²) in [5, 5.41) is 9.03. The summed E-state index contributed by atoms with van der Waals surface area (Å²) in [6, 6.07) is 6.39. The van der Waals surface area contributed by atoms with Crippen molar-refractivity contribution in [2.45, 2.75) is 32.1 Å². The molecule has 2 N–H and O–H groups in total. The monoisotopic (exact) mass is 598 g/mol. The minimum atomic E-state index is -5.18. The highest BCUT2D eigenvalue weighted by atomic mass is 35.5. The molecule has 2 heterocycles. The van der Waals surface area contributed by atoms with Crippen LogP contribution in [-0.2, 0) is 6.54 Å². The molecule has 0 spiro atoms. The highest BCUT2D eigenvalue weighted by molar-refractivity contribution is 7.22. The summed E-state index contributed by atoms with van der Waals surface area (Å²) < 4.78 is 102. The number of hydrogen-bond acceptors (Lipinski definition) is 6. The minimum absolute atomic E-state index is 0.0253. The Morgan fingerprint density at radius 3 is 2.38 bits per heavy atom. The fourth-order valence-corrected chi connectivity index (χ4v) is 5.02. The number of H-pyrrole nitrogens is 1. The fraction of sp³-hybridized carbons (Fsp3) is 0.217. The van der Waals surface area contributed by atoms with Crippen LogP contribution < -0.4 is 20.7 Å². The SMILES string of the molecule is Cc1c(-c2ccc(Oc3ccc(Cl)c(F)c3)c(OC(F)(F)F)c2)sc2c1c(=O)[nH]c(=O)n2C[C@@H](O)C(F)(F)F. The summed E-state index contributed by atoms with van der Waals surface area (Å²) in [5.41, 5.74) is -2.00. The van der Waals surface area contributed by atoms with Gasteiger partial charge in [-0.15, -0.1) is 24.5 Å². The minimum Gasteiger partial charge on any atom is -0.453 e. The first kappa shape index (κ1) is 28.4. The van der Waals surface area contributed by atoms with E-state index in [1.807, 2.05) is 4.98 Å². The van der Waals surface area contributed by atoms with Crippen molar-refractivity contribution in [3.63, 3.8) is 0 Å². The number of thiophene rings is 1. The Hall–Kier alpha value is -3.56. The van der Waals surface area contributed by atoms with Crippen molar-refractivity contribution in [3.8, 4) is 27.7 Å². The zero-order chi connectivity index (χ0) is 28.9. The largest absolute Gasteiger partial charge is 0.573 e. The molecule has 0 aliphatic heterocycles. The van der Waals surface area contributed by atoms with Crippen LogP contribution in [0.5, 0.6) is 17.2 Å². The molecule has 2 aromatic heterocycles. The molecule has 0 saturated carbocycles. The fourth-order valence-electron chi connectivity index (χ4n) is 3.60. The highest BCUT2D eigenvalue weighted by Crippen LogP contribution is 2.43. The number of aliphatic hydroxyl groups excluding tert-OH is 1. The standard InChI is InChI=1S/C23H14ClF7N2O5S/c1-9-17-19(35)32-21(36)33(8-16(34)22(26,27)28)20(17)39-18(9)10-2-5-14(15(6-10)38-23(29,30)31)37-11-3-4-12(24)13(25)7-11/h2-7,16,34H,8H2,1H3,(H,32,35,36)/t16-/m1/s1. The average Bonchev–Trinajstić information content (AvgIpc) is 3.16. The number of aryl methyl sites for hydroxylation is 1. The Balaban J connectivity index is 1.85. The average molecular weight is 599 g/mol. The second kappa shape index (κ2) is 10.2. The summed E-state index contributed by atoms with van der Waals surface area (Å²) in [5.74, 6) is -2.42. The van der Waals surface area contributed by atoms with Gasteiger partial charge in [-0.05, 0) is 48.4 Å². The van der Waals surface area contributed by atoms with Gasteiger partial charge < -0.3 is 14.6 Å². The molecule has 0 radical (unpaired) electrons. The molecule has 4 aromatic rings. The molecule has 7 nitrogen and oxygen atoms in total. The molecule has 208 valence electrons.